The molecule has 0 spiro atoms. The number of carbonyl (C=O) groups excluding carboxylic acids is 1. The standard InChI is InChI=1S/C10H8N2OS.H2/c11-10(13)8-4-7(5-12-6-8)9-2-1-3-14-9;/h1-6H,(H2,11,13);1H. The van der Waals surface area contributed by atoms with Crippen molar-refractivity contribution in [1.82, 2.24) is 4.98 Å². The molecule has 0 aliphatic rings. The Kier molecular flexibility index (Phi) is 2.28. The quantitative estimate of drug-likeness (QED) is 0.818. The van der Waals surface area contributed by atoms with Gasteiger partial charge >= 0.3 is 0 Å². The van der Waals surface area contributed by atoms with Crippen LogP contribution in [0.2, 0.25) is 0 Å². The predicted octanol–water partition coefficient (Wildman–Crippen LogP) is 2.16. The van der Waals surface area contributed by atoms with E-state index in [2.05, 4.69) is 4.98 Å². The number of rotatable bonds is 2. The van der Waals surface area contributed by atoms with E-state index in [-0.39, 0.29) is 1.43 Å². The first-order chi connectivity index (χ1) is 6.77. The monoisotopic (exact) mass is 206 g/mol. The summed E-state index contributed by atoms with van der Waals surface area (Å²) in [6.45, 7) is 0. The largest absolute Gasteiger partial charge is 0.366 e. The summed E-state index contributed by atoms with van der Waals surface area (Å²) in [5, 5.41) is 1.98. The molecule has 2 rings (SSSR count). The van der Waals surface area contributed by atoms with Crippen molar-refractivity contribution in [3.63, 3.8) is 0 Å². The summed E-state index contributed by atoms with van der Waals surface area (Å²) in [6, 6.07) is 5.69. The Balaban J connectivity index is 0.00000112. The molecule has 3 nitrogen and oxygen atoms in total. The van der Waals surface area contributed by atoms with E-state index < -0.39 is 5.91 Å². The van der Waals surface area contributed by atoms with E-state index in [1.807, 2.05) is 17.5 Å². The number of primary amides is 1. The van der Waals surface area contributed by atoms with Crippen molar-refractivity contribution in [3.8, 4) is 10.4 Å². The fraction of sp³-hybridized carbons (Fsp3) is 0. The minimum Gasteiger partial charge on any atom is -0.366 e. The number of hydrogen-bond donors (Lipinski definition) is 1. The zero-order chi connectivity index (χ0) is 9.97. The molecule has 4 heteroatoms. The fourth-order valence-electron chi connectivity index (χ4n) is 1.15. The molecule has 0 radical (unpaired) electrons. The first-order valence-electron chi connectivity index (χ1n) is 4.06. The molecule has 0 bridgehead atoms. The van der Waals surface area contributed by atoms with E-state index in [4.69, 9.17) is 5.73 Å². The summed E-state index contributed by atoms with van der Waals surface area (Å²) >= 11 is 1.60. The summed E-state index contributed by atoms with van der Waals surface area (Å²) in [6.07, 6.45) is 3.19. The third-order valence-electron chi connectivity index (χ3n) is 1.83. The number of nitrogens with two attached hydrogens (primary N) is 1. The maximum Gasteiger partial charge on any atom is 0.250 e. The van der Waals surface area contributed by atoms with E-state index in [0.717, 1.165) is 10.4 Å². The lowest BCUT2D eigenvalue weighted by Gasteiger charge is -1.98. The number of carbonyl (C=O) groups is 1. The molecular weight excluding hydrogens is 196 g/mol. The van der Waals surface area contributed by atoms with Gasteiger partial charge in [-0.1, -0.05) is 6.07 Å². The van der Waals surface area contributed by atoms with Crippen molar-refractivity contribution in [2.45, 2.75) is 0 Å². The van der Waals surface area contributed by atoms with Gasteiger partial charge in [-0.15, -0.1) is 11.3 Å². The first kappa shape index (κ1) is 8.90. The van der Waals surface area contributed by atoms with Gasteiger partial charge in [-0.25, -0.2) is 0 Å². The molecule has 0 saturated heterocycles. The molecule has 0 aromatic carbocycles. The minimum absolute atomic E-state index is 0. The van der Waals surface area contributed by atoms with Crippen LogP contribution < -0.4 is 5.73 Å². The van der Waals surface area contributed by atoms with Crippen LogP contribution in [0.4, 0.5) is 0 Å². The summed E-state index contributed by atoms with van der Waals surface area (Å²) in [7, 11) is 0. The Bertz CT molecular complexity index is 456. The number of thiophene rings is 1. The van der Waals surface area contributed by atoms with Gasteiger partial charge in [-0.2, -0.15) is 0 Å². The van der Waals surface area contributed by atoms with Crippen molar-refractivity contribution < 1.29 is 6.22 Å². The number of hydrogen-bond acceptors (Lipinski definition) is 3. The van der Waals surface area contributed by atoms with Gasteiger partial charge in [0.2, 0.25) is 5.91 Å². The lowest BCUT2D eigenvalue weighted by atomic mass is 10.2. The first-order valence-corrected chi connectivity index (χ1v) is 4.94. The van der Waals surface area contributed by atoms with Crippen LogP contribution in [-0.2, 0) is 0 Å². The summed E-state index contributed by atoms with van der Waals surface area (Å²) in [5.41, 5.74) is 6.53. The Labute approximate surface area is 86.7 Å². The van der Waals surface area contributed by atoms with Crippen LogP contribution in [0.25, 0.3) is 10.4 Å². The summed E-state index contributed by atoms with van der Waals surface area (Å²) in [5.74, 6) is -0.448. The molecule has 2 aromatic rings. The fourth-order valence-corrected chi connectivity index (χ4v) is 1.86. The highest BCUT2D eigenvalue weighted by molar-refractivity contribution is 7.13. The number of amides is 1. The number of aromatic nitrogens is 1. The van der Waals surface area contributed by atoms with Crippen LogP contribution in [-0.4, -0.2) is 10.9 Å². The second-order valence-electron chi connectivity index (χ2n) is 2.80. The highest BCUT2D eigenvalue weighted by Crippen LogP contribution is 2.24. The molecule has 2 N–H and O–H groups in total. The molecular formula is C10H10N2OS. The molecule has 0 fully saturated rings. The van der Waals surface area contributed by atoms with Crippen molar-refractivity contribution in [2.24, 2.45) is 5.73 Å². The average molecular weight is 206 g/mol. The van der Waals surface area contributed by atoms with Gasteiger partial charge in [-0.3, -0.25) is 9.78 Å². The van der Waals surface area contributed by atoms with Gasteiger partial charge in [0.15, 0.2) is 0 Å². The minimum atomic E-state index is -0.448. The highest BCUT2D eigenvalue weighted by Gasteiger charge is 2.04. The lowest BCUT2D eigenvalue weighted by Crippen LogP contribution is -2.11. The van der Waals surface area contributed by atoms with Crippen LogP contribution in [0.3, 0.4) is 0 Å². The molecule has 0 aliphatic carbocycles. The Morgan fingerprint density at radius 1 is 1.50 bits per heavy atom. The highest BCUT2D eigenvalue weighted by atomic mass is 32.1. The van der Waals surface area contributed by atoms with Gasteiger partial charge in [0.25, 0.3) is 0 Å². The Morgan fingerprint density at radius 2 is 2.36 bits per heavy atom. The van der Waals surface area contributed by atoms with Crippen LogP contribution in [0.1, 0.15) is 11.8 Å². The predicted molar refractivity (Wildman–Crippen MR) is 58.2 cm³/mol. The molecule has 14 heavy (non-hydrogen) atoms. The SMILES string of the molecule is NC(=O)c1cncc(-c2cccs2)c1.[HH]. The van der Waals surface area contributed by atoms with Crippen LogP contribution in [0.15, 0.2) is 36.0 Å². The molecule has 72 valence electrons. The van der Waals surface area contributed by atoms with E-state index in [9.17, 15) is 4.79 Å². The second-order valence-corrected chi connectivity index (χ2v) is 3.75. The van der Waals surface area contributed by atoms with Gasteiger partial charge in [0.1, 0.15) is 0 Å². The summed E-state index contributed by atoms with van der Waals surface area (Å²) < 4.78 is 0. The van der Waals surface area contributed by atoms with E-state index in [0.29, 0.717) is 5.56 Å². The molecule has 0 saturated carbocycles. The average Bonchev–Trinajstić information content (AvgIpc) is 2.71. The lowest BCUT2D eigenvalue weighted by molar-refractivity contribution is 0.1000. The third-order valence-corrected chi connectivity index (χ3v) is 2.75. The second kappa shape index (κ2) is 3.59. The maximum absolute atomic E-state index is 10.9. The smallest absolute Gasteiger partial charge is 0.250 e. The van der Waals surface area contributed by atoms with Gasteiger partial charge < -0.3 is 5.73 Å². The molecule has 0 unspecified atom stereocenters. The van der Waals surface area contributed by atoms with Crippen molar-refractivity contribution in [3.05, 3.63) is 41.5 Å². The maximum atomic E-state index is 10.9. The van der Waals surface area contributed by atoms with Gasteiger partial charge in [0.05, 0.1) is 5.56 Å². The zero-order valence-electron chi connectivity index (χ0n) is 7.31. The Morgan fingerprint density at radius 3 is 3.00 bits per heavy atom. The van der Waals surface area contributed by atoms with Gasteiger partial charge in [-0.05, 0) is 17.5 Å². The normalized spacial score (nSPS) is 10.0. The zero-order valence-corrected chi connectivity index (χ0v) is 8.12. The van der Waals surface area contributed by atoms with Crippen LogP contribution in [0, 0.1) is 0 Å². The summed E-state index contributed by atoms with van der Waals surface area (Å²) in [4.78, 5) is 16.0. The van der Waals surface area contributed by atoms with Crippen molar-refractivity contribution >= 4 is 17.2 Å². The van der Waals surface area contributed by atoms with Crippen LogP contribution in [0.5, 0.6) is 0 Å². The number of pyridine rings is 1. The molecule has 2 heterocycles. The van der Waals surface area contributed by atoms with E-state index >= 15 is 0 Å². The molecule has 2 aromatic heterocycles. The van der Waals surface area contributed by atoms with Crippen molar-refractivity contribution in [2.75, 3.05) is 0 Å². The van der Waals surface area contributed by atoms with Crippen molar-refractivity contribution in [1.29, 1.82) is 0 Å². The van der Waals surface area contributed by atoms with E-state index in [1.165, 1.54) is 6.20 Å². The number of nitrogens with zero attached hydrogens (tertiary/aromatic N) is 1. The topological polar surface area (TPSA) is 56.0 Å². The Hall–Kier alpha value is -1.68. The van der Waals surface area contributed by atoms with Crippen LogP contribution >= 0.6 is 11.3 Å². The van der Waals surface area contributed by atoms with Gasteiger partial charge in [0, 0.05) is 24.3 Å². The third kappa shape index (κ3) is 1.65. The molecule has 0 atom stereocenters. The molecule has 1 amide bonds. The molecule has 0 aliphatic heterocycles. The van der Waals surface area contributed by atoms with E-state index in [1.54, 1.807) is 23.6 Å².